The van der Waals surface area contributed by atoms with E-state index in [1.807, 2.05) is 6.92 Å². The molecule has 0 atom stereocenters. The zero-order valence-corrected chi connectivity index (χ0v) is 17.2. The minimum absolute atomic E-state index is 0.0263. The number of hydrogen-bond donors (Lipinski definition) is 0. The van der Waals surface area contributed by atoms with Crippen LogP contribution in [-0.4, -0.2) is 13.0 Å². The van der Waals surface area contributed by atoms with Gasteiger partial charge in [0.05, 0.1) is 4.90 Å². The molecule has 0 unspecified atom stereocenters. The average molecular weight is 379 g/mol. The lowest BCUT2D eigenvalue weighted by Crippen LogP contribution is -2.20. The van der Waals surface area contributed by atoms with Gasteiger partial charge < -0.3 is 4.57 Å². The minimum atomic E-state index is -3.70. The number of rotatable bonds is 4. The molecule has 3 rings (SSSR count). The highest BCUT2D eigenvalue weighted by Gasteiger charge is 2.27. The van der Waals surface area contributed by atoms with E-state index in [1.54, 1.807) is 24.3 Å². The molecule has 1 saturated carbocycles. The van der Waals surface area contributed by atoms with Gasteiger partial charge in [0.25, 0.3) is 10.0 Å². The SMILES string of the molecule is Cc1ccc(S(=O)(=O)/N=c2\sc(C(C)(C)C)c(C)n2CC2CC2)cc1. The summed E-state index contributed by atoms with van der Waals surface area (Å²) in [6.07, 6.45) is 2.44. The van der Waals surface area contributed by atoms with Gasteiger partial charge in [-0.05, 0) is 50.2 Å². The predicted octanol–water partition coefficient (Wildman–Crippen LogP) is 4.16. The Kier molecular flexibility index (Phi) is 4.71. The molecule has 6 heteroatoms. The van der Waals surface area contributed by atoms with Crippen molar-refractivity contribution in [2.75, 3.05) is 0 Å². The second-order valence-electron chi connectivity index (χ2n) is 7.98. The molecule has 136 valence electrons. The van der Waals surface area contributed by atoms with Crippen LogP contribution in [0.3, 0.4) is 0 Å². The fraction of sp³-hybridized carbons (Fsp3) is 0.526. The molecule has 1 aromatic heterocycles. The van der Waals surface area contributed by atoms with Gasteiger partial charge in [0.2, 0.25) is 4.80 Å². The molecule has 1 fully saturated rings. The van der Waals surface area contributed by atoms with Crippen LogP contribution in [0, 0.1) is 19.8 Å². The van der Waals surface area contributed by atoms with Crippen LogP contribution in [0.2, 0.25) is 0 Å². The van der Waals surface area contributed by atoms with Crippen molar-refractivity contribution in [3.8, 4) is 0 Å². The first kappa shape index (κ1) is 18.4. The van der Waals surface area contributed by atoms with E-state index in [4.69, 9.17) is 0 Å². The summed E-state index contributed by atoms with van der Waals surface area (Å²) in [6, 6.07) is 6.87. The van der Waals surface area contributed by atoms with E-state index in [1.165, 1.54) is 29.1 Å². The van der Waals surface area contributed by atoms with Gasteiger partial charge in [0.1, 0.15) is 0 Å². The monoisotopic (exact) mass is 378 g/mol. The van der Waals surface area contributed by atoms with Crippen LogP contribution in [0.5, 0.6) is 0 Å². The van der Waals surface area contributed by atoms with Crippen LogP contribution in [-0.2, 0) is 22.0 Å². The lowest BCUT2D eigenvalue weighted by atomic mass is 9.93. The second kappa shape index (κ2) is 6.40. The first-order chi connectivity index (χ1) is 11.6. The van der Waals surface area contributed by atoms with Crippen molar-refractivity contribution < 1.29 is 8.42 Å². The van der Waals surface area contributed by atoms with Crippen molar-refractivity contribution in [1.29, 1.82) is 0 Å². The third kappa shape index (κ3) is 4.06. The normalized spacial score (nSPS) is 16.4. The lowest BCUT2D eigenvalue weighted by molar-refractivity contribution is 0.562. The highest BCUT2D eigenvalue weighted by molar-refractivity contribution is 7.90. The molecule has 1 aromatic carbocycles. The maximum absolute atomic E-state index is 12.8. The first-order valence-corrected chi connectivity index (χ1v) is 10.9. The second-order valence-corrected chi connectivity index (χ2v) is 10.6. The molecule has 0 amide bonds. The molecule has 0 saturated heterocycles. The van der Waals surface area contributed by atoms with Crippen molar-refractivity contribution in [2.24, 2.45) is 10.3 Å². The van der Waals surface area contributed by atoms with Crippen LogP contribution >= 0.6 is 11.3 Å². The van der Waals surface area contributed by atoms with Gasteiger partial charge in [-0.15, -0.1) is 15.7 Å². The molecule has 0 radical (unpaired) electrons. The molecular weight excluding hydrogens is 352 g/mol. The fourth-order valence-electron chi connectivity index (χ4n) is 2.89. The summed E-state index contributed by atoms with van der Waals surface area (Å²) in [4.78, 5) is 2.04. The Bertz CT molecular complexity index is 939. The van der Waals surface area contributed by atoms with Crippen molar-refractivity contribution in [2.45, 2.75) is 64.3 Å². The van der Waals surface area contributed by atoms with Crippen LogP contribution < -0.4 is 4.80 Å². The van der Waals surface area contributed by atoms with E-state index in [-0.39, 0.29) is 10.3 Å². The Hall–Kier alpha value is -1.40. The maximum Gasteiger partial charge on any atom is 0.285 e. The molecule has 0 spiro atoms. The van der Waals surface area contributed by atoms with Crippen LogP contribution in [0.25, 0.3) is 0 Å². The van der Waals surface area contributed by atoms with Gasteiger partial charge in [0.15, 0.2) is 0 Å². The summed E-state index contributed by atoms with van der Waals surface area (Å²) in [5.74, 6) is 0.655. The topological polar surface area (TPSA) is 51.4 Å². The number of sulfonamides is 1. The van der Waals surface area contributed by atoms with Crippen LogP contribution in [0.4, 0.5) is 0 Å². The quantitative estimate of drug-likeness (QED) is 0.802. The summed E-state index contributed by atoms with van der Waals surface area (Å²) >= 11 is 1.50. The highest BCUT2D eigenvalue weighted by Crippen LogP contribution is 2.33. The number of aromatic nitrogens is 1. The fourth-order valence-corrected chi connectivity index (χ4v) is 5.29. The number of aryl methyl sites for hydroxylation is 1. The Morgan fingerprint density at radius 1 is 1.16 bits per heavy atom. The molecule has 1 heterocycles. The van der Waals surface area contributed by atoms with E-state index in [2.05, 4.69) is 36.7 Å². The van der Waals surface area contributed by atoms with Gasteiger partial charge in [-0.3, -0.25) is 0 Å². The van der Waals surface area contributed by atoms with E-state index < -0.39 is 10.0 Å². The molecule has 0 N–H and O–H groups in total. The van der Waals surface area contributed by atoms with E-state index in [0.29, 0.717) is 10.7 Å². The van der Waals surface area contributed by atoms with Crippen molar-refractivity contribution in [3.05, 3.63) is 45.2 Å². The minimum Gasteiger partial charge on any atom is -0.320 e. The highest BCUT2D eigenvalue weighted by atomic mass is 32.2. The number of thiazole rings is 1. The largest absolute Gasteiger partial charge is 0.320 e. The summed E-state index contributed by atoms with van der Waals surface area (Å²) < 4.78 is 31.9. The zero-order valence-electron chi connectivity index (χ0n) is 15.5. The van der Waals surface area contributed by atoms with E-state index >= 15 is 0 Å². The number of benzene rings is 1. The van der Waals surface area contributed by atoms with Gasteiger partial charge in [0, 0.05) is 17.1 Å². The zero-order chi connectivity index (χ0) is 18.4. The average Bonchev–Trinajstić information content (AvgIpc) is 3.26. The third-order valence-electron chi connectivity index (χ3n) is 4.49. The van der Waals surface area contributed by atoms with E-state index in [9.17, 15) is 8.42 Å². The molecule has 2 aromatic rings. The van der Waals surface area contributed by atoms with Crippen molar-refractivity contribution in [3.63, 3.8) is 0 Å². The van der Waals surface area contributed by atoms with Gasteiger partial charge in [-0.2, -0.15) is 8.42 Å². The Labute approximate surface area is 154 Å². The maximum atomic E-state index is 12.8. The predicted molar refractivity (Wildman–Crippen MR) is 102 cm³/mol. The van der Waals surface area contributed by atoms with E-state index in [0.717, 1.165) is 17.8 Å². The number of nitrogens with zero attached hydrogens (tertiary/aromatic N) is 2. The summed E-state index contributed by atoms with van der Waals surface area (Å²) in [5.41, 5.74) is 2.15. The summed E-state index contributed by atoms with van der Waals surface area (Å²) in [6.45, 7) is 11.4. The van der Waals surface area contributed by atoms with Crippen LogP contribution in [0.15, 0.2) is 33.6 Å². The molecule has 1 aliphatic carbocycles. The van der Waals surface area contributed by atoms with Gasteiger partial charge in [-0.25, -0.2) is 0 Å². The lowest BCUT2D eigenvalue weighted by Gasteiger charge is -2.17. The molecule has 1 aliphatic rings. The first-order valence-electron chi connectivity index (χ1n) is 8.66. The Morgan fingerprint density at radius 3 is 2.28 bits per heavy atom. The molecule has 0 aliphatic heterocycles. The summed E-state index contributed by atoms with van der Waals surface area (Å²) in [5, 5.41) is 0. The summed E-state index contributed by atoms with van der Waals surface area (Å²) in [7, 11) is -3.70. The smallest absolute Gasteiger partial charge is 0.285 e. The molecular formula is C19H26N2O2S2. The van der Waals surface area contributed by atoms with Crippen molar-refractivity contribution in [1.82, 2.24) is 4.57 Å². The molecule has 0 bridgehead atoms. The molecule has 25 heavy (non-hydrogen) atoms. The van der Waals surface area contributed by atoms with Gasteiger partial charge in [-0.1, -0.05) is 38.5 Å². The van der Waals surface area contributed by atoms with Gasteiger partial charge >= 0.3 is 0 Å². The Morgan fingerprint density at radius 2 is 1.76 bits per heavy atom. The Balaban J connectivity index is 2.14. The standard InChI is InChI=1S/C19H26N2O2S2/c1-13-6-10-16(11-7-13)25(22,23)20-18-21(12-15-8-9-15)14(2)17(24-18)19(3,4)5/h6-7,10-11,15H,8-9,12H2,1-5H3/b20-18-. The third-order valence-corrected chi connectivity index (χ3v) is 7.50. The number of hydrogen-bond acceptors (Lipinski definition) is 3. The van der Waals surface area contributed by atoms with Crippen molar-refractivity contribution >= 4 is 21.4 Å². The van der Waals surface area contributed by atoms with Crippen LogP contribution in [0.1, 0.15) is 49.7 Å². The molecule has 4 nitrogen and oxygen atoms in total.